The Kier molecular flexibility index (Phi) is 5.82. The smallest absolute Gasteiger partial charge is 0.229 e. The predicted molar refractivity (Wildman–Crippen MR) is 119 cm³/mol. The maximum atomic E-state index is 11.4. The predicted octanol–water partition coefficient (Wildman–Crippen LogP) is 4.81. The van der Waals surface area contributed by atoms with Gasteiger partial charge in [0.15, 0.2) is 0 Å². The maximum absolute atomic E-state index is 11.4. The van der Waals surface area contributed by atoms with Crippen LogP contribution in [0.5, 0.6) is 0 Å². The Hall–Kier alpha value is -1.93. The van der Waals surface area contributed by atoms with Gasteiger partial charge in [0.05, 0.1) is 17.9 Å². The molecule has 0 saturated heterocycles. The van der Waals surface area contributed by atoms with E-state index in [2.05, 4.69) is 23.0 Å². The summed E-state index contributed by atoms with van der Waals surface area (Å²) in [6.45, 7) is 7.81. The van der Waals surface area contributed by atoms with E-state index < -0.39 is 10.0 Å². The van der Waals surface area contributed by atoms with Crippen LogP contribution in [0.1, 0.15) is 18.4 Å². The summed E-state index contributed by atoms with van der Waals surface area (Å²) in [6, 6.07) is 7.03. The fourth-order valence-electron chi connectivity index (χ4n) is 2.90. The highest BCUT2D eigenvalue weighted by Crippen LogP contribution is 2.52. The first-order chi connectivity index (χ1) is 13.2. The summed E-state index contributed by atoms with van der Waals surface area (Å²) in [4.78, 5) is 5.03. The summed E-state index contributed by atoms with van der Waals surface area (Å²) < 4.78 is 25.1. The van der Waals surface area contributed by atoms with Gasteiger partial charge in [-0.3, -0.25) is 9.71 Å². The number of thiophene rings is 1. The molecule has 0 spiro atoms. The number of nitrogens with one attached hydrogen (secondary N) is 1. The minimum Gasteiger partial charge on any atom is -0.395 e. The highest BCUT2D eigenvalue weighted by Gasteiger charge is 2.45. The molecule has 1 saturated carbocycles. The number of benzene rings is 1. The van der Waals surface area contributed by atoms with Crippen molar-refractivity contribution >= 4 is 50.9 Å². The molecular weight excluding hydrogens is 416 g/mol. The standard InChI is InChI=1S/C20H21ClN2O3S2/c1-13(8-19(22-2)20(12-24)6-7-20)14-9-18(27-11-14)16-5-4-15(10-17(16)21)23-28(3,25)26/h4-5,8-11,23-24H,1-2,6-7,12H2,3H3/b19-8-. The molecule has 28 heavy (non-hydrogen) atoms. The number of allylic oxidation sites excluding steroid dienone is 2. The Bertz CT molecular complexity index is 1070. The molecule has 0 amide bonds. The molecule has 0 radical (unpaired) electrons. The third kappa shape index (κ3) is 4.55. The molecule has 0 atom stereocenters. The fourth-order valence-corrected chi connectivity index (χ4v) is 4.77. The van der Waals surface area contributed by atoms with Crippen LogP contribution in [0.3, 0.4) is 0 Å². The highest BCUT2D eigenvalue weighted by molar-refractivity contribution is 7.92. The van der Waals surface area contributed by atoms with Crippen LogP contribution in [-0.4, -0.2) is 33.1 Å². The van der Waals surface area contributed by atoms with Gasteiger partial charge in [-0.2, -0.15) is 0 Å². The van der Waals surface area contributed by atoms with Crippen molar-refractivity contribution < 1.29 is 13.5 Å². The van der Waals surface area contributed by atoms with Crippen LogP contribution in [0.2, 0.25) is 5.02 Å². The lowest BCUT2D eigenvalue weighted by molar-refractivity contribution is 0.234. The van der Waals surface area contributed by atoms with Gasteiger partial charge in [-0.25, -0.2) is 8.42 Å². The number of nitrogens with zero attached hydrogens (tertiary/aromatic N) is 1. The van der Waals surface area contributed by atoms with Gasteiger partial charge in [0, 0.05) is 27.2 Å². The Morgan fingerprint density at radius 3 is 2.68 bits per heavy atom. The van der Waals surface area contributed by atoms with Crippen molar-refractivity contribution in [3.8, 4) is 10.4 Å². The van der Waals surface area contributed by atoms with Crippen LogP contribution < -0.4 is 4.72 Å². The van der Waals surface area contributed by atoms with Gasteiger partial charge in [-0.1, -0.05) is 18.2 Å². The van der Waals surface area contributed by atoms with Crippen molar-refractivity contribution in [1.82, 2.24) is 0 Å². The second-order valence-electron chi connectivity index (χ2n) is 6.92. The zero-order valence-corrected chi connectivity index (χ0v) is 17.8. The normalized spacial score (nSPS) is 15.9. The first-order valence-electron chi connectivity index (χ1n) is 8.53. The number of aliphatic hydroxyl groups excluding tert-OH is 1. The number of sulfonamides is 1. The van der Waals surface area contributed by atoms with Crippen LogP contribution in [0.25, 0.3) is 16.0 Å². The van der Waals surface area contributed by atoms with Crippen molar-refractivity contribution in [2.75, 3.05) is 17.6 Å². The number of anilines is 1. The monoisotopic (exact) mass is 436 g/mol. The molecule has 5 nitrogen and oxygen atoms in total. The average molecular weight is 437 g/mol. The molecule has 148 valence electrons. The Morgan fingerprint density at radius 2 is 2.14 bits per heavy atom. The summed E-state index contributed by atoms with van der Waals surface area (Å²) in [5, 5.41) is 12.0. The van der Waals surface area contributed by atoms with Crippen LogP contribution in [-0.2, 0) is 10.0 Å². The van der Waals surface area contributed by atoms with Gasteiger partial charge in [0.2, 0.25) is 10.0 Å². The molecule has 8 heteroatoms. The third-order valence-corrected chi connectivity index (χ3v) is 6.57. The lowest BCUT2D eigenvalue weighted by Crippen LogP contribution is -2.09. The molecule has 1 heterocycles. The number of aliphatic imine (C=N–C) groups is 1. The van der Waals surface area contributed by atoms with E-state index >= 15 is 0 Å². The summed E-state index contributed by atoms with van der Waals surface area (Å²) in [6.07, 6.45) is 4.77. The number of hydrogen-bond donors (Lipinski definition) is 2. The molecular formula is C20H21ClN2O3S2. The lowest BCUT2D eigenvalue weighted by atomic mass is 10.00. The zero-order chi connectivity index (χ0) is 20.5. The molecule has 1 aromatic carbocycles. The van der Waals surface area contributed by atoms with Gasteiger partial charge >= 0.3 is 0 Å². The molecule has 1 aliphatic rings. The first kappa shape index (κ1) is 20.8. The Labute approximate surface area is 174 Å². The van der Waals surface area contributed by atoms with Gasteiger partial charge in [-0.15, -0.1) is 11.3 Å². The van der Waals surface area contributed by atoms with Gasteiger partial charge < -0.3 is 5.11 Å². The minimum atomic E-state index is -3.36. The lowest BCUT2D eigenvalue weighted by Gasteiger charge is -2.12. The largest absolute Gasteiger partial charge is 0.395 e. The molecule has 1 aliphatic carbocycles. The van der Waals surface area contributed by atoms with Crippen LogP contribution >= 0.6 is 22.9 Å². The van der Waals surface area contributed by atoms with E-state index in [0.29, 0.717) is 10.7 Å². The van der Waals surface area contributed by atoms with E-state index in [9.17, 15) is 13.5 Å². The average Bonchev–Trinajstić information content (AvgIpc) is 3.26. The molecule has 3 rings (SSSR count). The molecule has 0 bridgehead atoms. The summed E-state index contributed by atoms with van der Waals surface area (Å²) in [5.41, 5.74) is 3.45. The quantitative estimate of drug-likeness (QED) is 0.460. The van der Waals surface area contributed by atoms with Crippen molar-refractivity contribution in [3.05, 3.63) is 58.6 Å². The topological polar surface area (TPSA) is 78.8 Å². The summed E-state index contributed by atoms with van der Waals surface area (Å²) in [5.74, 6) is 0. The number of hydrogen-bond acceptors (Lipinski definition) is 5. The minimum absolute atomic E-state index is 0.0590. The van der Waals surface area contributed by atoms with Crippen molar-refractivity contribution in [1.29, 1.82) is 0 Å². The first-order valence-corrected chi connectivity index (χ1v) is 11.7. The molecule has 0 unspecified atom stereocenters. The van der Waals surface area contributed by atoms with Gasteiger partial charge in [-0.05, 0) is 66.4 Å². The zero-order valence-electron chi connectivity index (χ0n) is 15.4. The van der Waals surface area contributed by atoms with E-state index in [0.717, 1.165) is 46.4 Å². The molecule has 0 aliphatic heterocycles. The second-order valence-corrected chi connectivity index (χ2v) is 9.99. The van der Waals surface area contributed by atoms with E-state index in [1.807, 2.05) is 17.5 Å². The van der Waals surface area contributed by atoms with Crippen LogP contribution in [0, 0.1) is 5.41 Å². The third-order valence-electron chi connectivity index (χ3n) is 4.69. The second kappa shape index (κ2) is 7.83. The fraction of sp³-hybridized carbons (Fsp3) is 0.250. The molecule has 1 fully saturated rings. The number of rotatable bonds is 8. The van der Waals surface area contributed by atoms with Gasteiger partial charge in [0.1, 0.15) is 0 Å². The maximum Gasteiger partial charge on any atom is 0.229 e. The highest BCUT2D eigenvalue weighted by atomic mass is 35.5. The number of aliphatic hydroxyl groups is 1. The van der Waals surface area contributed by atoms with E-state index in [1.54, 1.807) is 18.2 Å². The van der Waals surface area contributed by atoms with Crippen molar-refractivity contribution in [3.63, 3.8) is 0 Å². The van der Waals surface area contributed by atoms with Crippen LogP contribution in [0.4, 0.5) is 5.69 Å². The van der Waals surface area contributed by atoms with E-state index in [4.69, 9.17) is 11.6 Å². The van der Waals surface area contributed by atoms with Gasteiger partial charge in [0.25, 0.3) is 0 Å². The Balaban J connectivity index is 1.84. The summed E-state index contributed by atoms with van der Waals surface area (Å²) >= 11 is 7.88. The Morgan fingerprint density at radius 1 is 1.43 bits per heavy atom. The van der Waals surface area contributed by atoms with Crippen molar-refractivity contribution in [2.45, 2.75) is 12.8 Å². The van der Waals surface area contributed by atoms with Crippen LogP contribution in [0.15, 0.2) is 53.0 Å². The number of halogens is 1. The van der Waals surface area contributed by atoms with E-state index in [1.165, 1.54) is 11.3 Å². The molecule has 2 N–H and O–H groups in total. The summed E-state index contributed by atoms with van der Waals surface area (Å²) in [7, 11) is -3.36. The SMILES string of the molecule is C=N/C(=C\C(=C)c1csc(-c2ccc(NS(C)(=O)=O)cc2Cl)c1)C1(CO)CC1. The van der Waals surface area contributed by atoms with E-state index in [-0.39, 0.29) is 12.0 Å². The molecule has 2 aromatic rings. The van der Waals surface area contributed by atoms with Crippen molar-refractivity contribution in [2.24, 2.45) is 10.4 Å². The molecule has 1 aromatic heterocycles.